The minimum Gasteiger partial charge on any atom is -0.362 e. The minimum atomic E-state index is -3.02. The van der Waals surface area contributed by atoms with Crippen molar-refractivity contribution in [2.45, 2.75) is 0 Å². The van der Waals surface area contributed by atoms with Crippen LogP contribution >= 0.6 is 0 Å². The molecule has 0 unspecified atom stereocenters. The molecule has 0 bridgehead atoms. The van der Waals surface area contributed by atoms with Gasteiger partial charge >= 0.3 is 11.0 Å². The lowest BCUT2D eigenvalue weighted by atomic mass is 10.8. The molecule has 62 valence electrons. The number of halogens is 1. The highest BCUT2D eigenvalue weighted by Crippen LogP contribution is 2.07. The Morgan fingerprint density at radius 1 is 1.73 bits per heavy atom. The first-order chi connectivity index (χ1) is 5.09. The quantitative estimate of drug-likeness (QED) is 0.621. The average Bonchev–Trinajstić information content (AvgIpc) is 2.10. The molecule has 0 radical (unpaired) electrons. The van der Waals surface area contributed by atoms with E-state index in [1.807, 2.05) is 0 Å². The van der Waals surface area contributed by atoms with Crippen LogP contribution in [0, 0.1) is 6.08 Å². The zero-order valence-electron chi connectivity index (χ0n) is 5.52. The summed E-state index contributed by atoms with van der Waals surface area (Å²) in [5.74, 6) is -0.263. The molecule has 1 heterocycles. The van der Waals surface area contributed by atoms with Gasteiger partial charge in [-0.05, 0) is 0 Å². The molecule has 0 aromatic carbocycles. The van der Waals surface area contributed by atoms with Gasteiger partial charge in [-0.1, -0.05) is 0 Å². The second-order valence-electron chi connectivity index (χ2n) is 1.77. The summed E-state index contributed by atoms with van der Waals surface area (Å²) in [4.78, 5) is 3.14. The zero-order valence-corrected chi connectivity index (χ0v) is 6.42. The van der Waals surface area contributed by atoms with E-state index in [0.29, 0.717) is 0 Å². The molecule has 7 heteroatoms. The predicted molar refractivity (Wildman–Crippen MR) is 34.1 cm³/mol. The molecule has 0 saturated heterocycles. The molecule has 11 heavy (non-hydrogen) atoms. The van der Waals surface area contributed by atoms with Crippen molar-refractivity contribution in [2.24, 2.45) is 7.05 Å². The largest absolute Gasteiger partial charge is 0.362 e. The van der Waals surface area contributed by atoms with Crippen LogP contribution in [-0.4, -0.2) is 18.0 Å². The first-order valence-electron chi connectivity index (χ1n) is 2.61. The van der Waals surface area contributed by atoms with Crippen molar-refractivity contribution >= 4 is 11.0 Å². The van der Waals surface area contributed by atoms with Crippen molar-refractivity contribution < 1.29 is 17.0 Å². The summed E-state index contributed by atoms with van der Waals surface area (Å²) in [5, 5.41) is 0. The Morgan fingerprint density at radius 2 is 2.36 bits per heavy atom. The van der Waals surface area contributed by atoms with Crippen molar-refractivity contribution in [3.63, 3.8) is 0 Å². The number of hydrogen-bond acceptors (Lipinski definition) is 4. The molecule has 0 saturated carbocycles. The number of thiol groups is 1. The van der Waals surface area contributed by atoms with E-state index >= 15 is 0 Å². The number of imidazole rings is 1. The second kappa shape index (κ2) is 2.87. The zero-order chi connectivity index (χ0) is 8.43. The normalized spacial score (nSPS) is 10.5. The fraction of sp³-hybridized carbons (Fsp3) is 0.250. The Balaban J connectivity index is 2.89. The van der Waals surface area contributed by atoms with Gasteiger partial charge in [0.25, 0.3) is 12.0 Å². The standard InChI is InChI=1S/C4H5FN2O3S/c1-7-2-3(6-4(7)5)10-11(8)9/h2,11H,1H3. The van der Waals surface area contributed by atoms with Crippen LogP contribution in [0.4, 0.5) is 4.39 Å². The number of nitrogens with zero attached hydrogens (tertiary/aromatic N) is 2. The number of rotatable bonds is 2. The highest BCUT2D eigenvalue weighted by molar-refractivity contribution is 7.67. The maximum absolute atomic E-state index is 12.4. The summed E-state index contributed by atoms with van der Waals surface area (Å²) in [5.41, 5.74) is 0. The van der Waals surface area contributed by atoms with Gasteiger partial charge in [0.2, 0.25) is 0 Å². The Kier molecular flexibility index (Phi) is 2.08. The van der Waals surface area contributed by atoms with Gasteiger partial charge in [-0.3, -0.25) is 0 Å². The van der Waals surface area contributed by atoms with E-state index < -0.39 is 17.1 Å². The molecule has 0 atom stereocenters. The van der Waals surface area contributed by atoms with Gasteiger partial charge in [0, 0.05) is 7.05 Å². The lowest BCUT2D eigenvalue weighted by molar-refractivity contribution is 0.481. The van der Waals surface area contributed by atoms with Gasteiger partial charge < -0.3 is 8.75 Å². The van der Waals surface area contributed by atoms with E-state index in [2.05, 4.69) is 9.17 Å². The fourth-order valence-corrected chi connectivity index (χ4v) is 0.779. The molecular formula is C4H5FN2O3S. The van der Waals surface area contributed by atoms with E-state index in [1.165, 1.54) is 7.05 Å². The predicted octanol–water partition coefficient (Wildman–Crippen LogP) is -0.536. The van der Waals surface area contributed by atoms with Gasteiger partial charge in [-0.15, -0.1) is 0 Å². The Bertz CT molecular complexity index is 305. The topological polar surface area (TPSA) is 61.2 Å². The Labute approximate surface area is 63.6 Å². The summed E-state index contributed by atoms with van der Waals surface area (Å²) in [7, 11) is -1.64. The summed E-state index contributed by atoms with van der Waals surface area (Å²) < 4.78 is 37.3. The van der Waals surface area contributed by atoms with Gasteiger partial charge in [0.1, 0.15) is 0 Å². The fourth-order valence-electron chi connectivity index (χ4n) is 0.538. The van der Waals surface area contributed by atoms with E-state index in [4.69, 9.17) is 0 Å². The number of aromatic nitrogens is 2. The van der Waals surface area contributed by atoms with E-state index in [1.54, 1.807) is 0 Å². The highest BCUT2D eigenvalue weighted by atomic mass is 32.2. The lowest BCUT2D eigenvalue weighted by Crippen LogP contribution is -1.89. The molecule has 0 aliphatic heterocycles. The van der Waals surface area contributed by atoms with Gasteiger partial charge in [0.15, 0.2) is 0 Å². The first-order valence-corrected chi connectivity index (χ1v) is 3.70. The van der Waals surface area contributed by atoms with Gasteiger partial charge in [-0.25, -0.2) is 0 Å². The maximum Gasteiger partial charge on any atom is 0.300 e. The van der Waals surface area contributed by atoms with Crippen molar-refractivity contribution in [1.82, 2.24) is 9.55 Å². The maximum atomic E-state index is 12.4. The minimum absolute atomic E-state index is 0.263. The van der Waals surface area contributed by atoms with Crippen LogP contribution in [0.25, 0.3) is 0 Å². The van der Waals surface area contributed by atoms with Crippen LogP contribution in [-0.2, 0) is 18.0 Å². The van der Waals surface area contributed by atoms with Crippen molar-refractivity contribution in [2.75, 3.05) is 0 Å². The van der Waals surface area contributed by atoms with Crippen LogP contribution in [0.2, 0.25) is 0 Å². The van der Waals surface area contributed by atoms with Gasteiger partial charge in [-0.2, -0.15) is 17.8 Å². The third kappa shape index (κ3) is 1.90. The van der Waals surface area contributed by atoms with Crippen LogP contribution in [0.15, 0.2) is 6.20 Å². The van der Waals surface area contributed by atoms with E-state index in [0.717, 1.165) is 10.8 Å². The van der Waals surface area contributed by atoms with E-state index in [-0.39, 0.29) is 5.88 Å². The molecule has 5 nitrogen and oxygen atoms in total. The molecule has 0 amide bonds. The third-order valence-electron chi connectivity index (χ3n) is 0.966. The SMILES string of the molecule is Cn1cc(O[SH](=O)=O)nc1F. The third-order valence-corrected chi connectivity index (χ3v) is 1.30. The molecule has 0 fully saturated rings. The second-order valence-corrected chi connectivity index (χ2v) is 2.40. The van der Waals surface area contributed by atoms with Crippen LogP contribution in [0.5, 0.6) is 5.88 Å². The molecule has 0 aliphatic carbocycles. The van der Waals surface area contributed by atoms with Crippen molar-refractivity contribution in [1.29, 1.82) is 0 Å². The monoisotopic (exact) mass is 180 g/mol. The van der Waals surface area contributed by atoms with Crippen molar-refractivity contribution in [3.05, 3.63) is 12.3 Å². The molecular weight excluding hydrogens is 175 g/mol. The highest BCUT2D eigenvalue weighted by Gasteiger charge is 2.04. The smallest absolute Gasteiger partial charge is 0.300 e. The summed E-state index contributed by atoms with van der Waals surface area (Å²) in [6, 6.07) is 0. The lowest BCUT2D eigenvalue weighted by Gasteiger charge is -1.85. The Morgan fingerprint density at radius 3 is 2.73 bits per heavy atom. The van der Waals surface area contributed by atoms with Crippen molar-refractivity contribution in [3.8, 4) is 5.88 Å². The number of hydrogen-bond donors (Lipinski definition) is 1. The molecule has 1 aromatic heterocycles. The molecule has 0 spiro atoms. The van der Waals surface area contributed by atoms with Gasteiger partial charge in [0.05, 0.1) is 6.20 Å². The molecule has 1 rings (SSSR count). The molecule has 1 aromatic rings. The molecule has 0 N–H and O–H groups in total. The van der Waals surface area contributed by atoms with Crippen LogP contribution in [0.3, 0.4) is 0 Å². The average molecular weight is 180 g/mol. The van der Waals surface area contributed by atoms with Crippen LogP contribution in [0.1, 0.15) is 0 Å². The van der Waals surface area contributed by atoms with E-state index in [9.17, 15) is 12.8 Å². The summed E-state index contributed by atoms with van der Waals surface area (Å²) >= 11 is 0. The number of aryl methyl sites for hydroxylation is 1. The first kappa shape index (κ1) is 7.99. The summed E-state index contributed by atoms with van der Waals surface area (Å²) in [6.45, 7) is 0. The molecule has 0 aliphatic rings. The van der Waals surface area contributed by atoms with Crippen LogP contribution < -0.4 is 4.18 Å². The Hall–Kier alpha value is -1.11. The summed E-state index contributed by atoms with van der Waals surface area (Å²) in [6.07, 6.45) is 0.331.